The number of phenolic OH excluding ortho intramolecular Hbond substituents is 2. The number of aromatic hydroxyl groups is 2. The van der Waals surface area contributed by atoms with Crippen LogP contribution in [-0.4, -0.2) is 28.8 Å². The number of H-pyrrole nitrogens is 1. The second-order valence-corrected chi connectivity index (χ2v) is 8.21. The molecule has 0 saturated heterocycles. The molecule has 2 aromatic carbocycles. The van der Waals surface area contributed by atoms with Gasteiger partial charge >= 0.3 is 0 Å². The average Bonchev–Trinajstić information content (AvgIpc) is 3.09. The zero-order chi connectivity index (χ0) is 22.9. The predicted molar refractivity (Wildman–Crippen MR) is 122 cm³/mol. The van der Waals surface area contributed by atoms with Crippen LogP contribution in [0.2, 0.25) is 0 Å². The van der Waals surface area contributed by atoms with Crippen molar-refractivity contribution in [1.29, 1.82) is 0 Å². The Balaban J connectivity index is 2.22. The summed E-state index contributed by atoms with van der Waals surface area (Å²) < 4.78 is 29.1. The number of halogens is 2. The average molecular weight is 429 g/mol. The van der Waals surface area contributed by atoms with Gasteiger partial charge in [0.2, 0.25) is 0 Å². The highest BCUT2D eigenvalue weighted by molar-refractivity contribution is 5.94. The maximum Gasteiger partial charge on any atom is 0.195 e. The van der Waals surface area contributed by atoms with Crippen LogP contribution in [0.25, 0.3) is 22.2 Å². The number of hydrogen-bond donors (Lipinski definition) is 4. The summed E-state index contributed by atoms with van der Waals surface area (Å²) in [6, 6.07) is 3.36. The molecule has 0 aliphatic carbocycles. The highest BCUT2D eigenvalue weighted by Crippen LogP contribution is 2.45. The molecule has 4 nitrogen and oxygen atoms in total. The molecule has 0 amide bonds. The summed E-state index contributed by atoms with van der Waals surface area (Å²) in [4.78, 5) is 3.11. The van der Waals surface area contributed by atoms with Crippen molar-refractivity contribution in [1.82, 2.24) is 10.3 Å². The van der Waals surface area contributed by atoms with Gasteiger partial charge in [0.1, 0.15) is 5.82 Å². The van der Waals surface area contributed by atoms with Crippen LogP contribution in [0.4, 0.5) is 8.78 Å². The van der Waals surface area contributed by atoms with E-state index in [1.807, 2.05) is 26.1 Å². The third-order valence-electron chi connectivity index (χ3n) is 6.16. The second-order valence-electron chi connectivity index (χ2n) is 8.21. The second kappa shape index (κ2) is 9.10. The lowest BCUT2D eigenvalue weighted by molar-refractivity contribution is 0.378. The molecule has 1 atom stereocenters. The zero-order valence-electron chi connectivity index (χ0n) is 18.5. The number of allylic oxidation sites excluding steroid dienone is 1. The van der Waals surface area contributed by atoms with Crippen LogP contribution in [0.5, 0.6) is 11.5 Å². The number of fused-ring (bicyclic) bond motifs is 1. The first kappa shape index (κ1) is 22.8. The lowest BCUT2D eigenvalue weighted by Crippen LogP contribution is -2.12. The van der Waals surface area contributed by atoms with E-state index in [1.165, 1.54) is 6.07 Å². The molecule has 0 bridgehead atoms. The molecule has 0 saturated carbocycles. The number of aromatic nitrogens is 1. The van der Waals surface area contributed by atoms with Crippen molar-refractivity contribution in [2.24, 2.45) is 5.92 Å². The third kappa shape index (κ3) is 4.17. The van der Waals surface area contributed by atoms with E-state index in [1.54, 1.807) is 13.8 Å². The smallest absolute Gasteiger partial charge is 0.195 e. The molecule has 166 valence electrons. The van der Waals surface area contributed by atoms with E-state index in [-0.39, 0.29) is 11.5 Å². The molecule has 0 aliphatic heterocycles. The van der Waals surface area contributed by atoms with Gasteiger partial charge in [0, 0.05) is 10.9 Å². The van der Waals surface area contributed by atoms with Crippen LogP contribution in [0.1, 0.15) is 35.1 Å². The van der Waals surface area contributed by atoms with E-state index < -0.39 is 23.1 Å². The SMILES string of the molecule is C=CC(CCNC)CCc1c(-c2c(C)c(C)c(F)c(O)c2O)[nH]c2c(F)cc(C)cc12. The van der Waals surface area contributed by atoms with Crippen LogP contribution in [0.3, 0.4) is 0 Å². The quantitative estimate of drug-likeness (QED) is 0.271. The van der Waals surface area contributed by atoms with Crippen molar-refractivity contribution in [2.75, 3.05) is 13.6 Å². The topological polar surface area (TPSA) is 68.3 Å². The fourth-order valence-electron chi connectivity index (χ4n) is 4.19. The maximum absolute atomic E-state index is 14.8. The molecule has 1 unspecified atom stereocenters. The van der Waals surface area contributed by atoms with Crippen LogP contribution < -0.4 is 5.32 Å². The minimum absolute atomic E-state index is 0.240. The van der Waals surface area contributed by atoms with Crippen LogP contribution in [-0.2, 0) is 6.42 Å². The maximum atomic E-state index is 14.8. The normalized spacial score (nSPS) is 12.5. The number of nitrogens with one attached hydrogen (secondary N) is 2. The molecule has 0 spiro atoms. The Morgan fingerprint density at radius 1 is 1.10 bits per heavy atom. The van der Waals surface area contributed by atoms with Gasteiger partial charge in [0.15, 0.2) is 17.3 Å². The van der Waals surface area contributed by atoms with Gasteiger partial charge in [-0.15, -0.1) is 6.58 Å². The van der Waals surface area contributed by atoms with Gasteiger partial charge in [-0.1, -0.05) is 6.08 Å². The molecular formula is C25H30F2N2O2. The van der Waals surface area contributed by atoms with Crippen LogP contribution in [0, 0.1) is 38.3 Å². The lowest BCUT2D eigenvalue weighted by atomic mass is 9.91. The highest BCUT2D eigenvalue weighted by Gasteiger charge is 2.25. The summed E-state index contributed by atoms with van der Waals surface area (Å²) in [6.45, 7) is 9.85. The van der Waals surface area contributed by atoms with Gasteiger partial charge < -0.3 is 20.5 Å². The Morgan fingerprint density at radius 3 is 2.45 bits per heavy atom. The number of aromatic amines is 1. The van der Waals surface area contributed by atoms with E-state index in [0.29, 0.717) is 28.8 Å². The molecule has 3 rings (SSSR count). The van der Waals surface area contributed by atoms with E-state index in [9.17, 15) is 19.0 Å². The summed E-state index contributed by atoms with van der Waals surface area (Å²) in [5.74, 6) is -2.31. The number of hydrogen-bond acceptors (Lipinski definition) is 3. The van der Waals surface area contributed by atoms with Crippen molar-refractivity contribution in [3.8, 4) is 22.8 Å². The molecule has 4 N–H and O–H groups in total. The van der Waals surface area contributed by atoms with Crippen molar-refractivity contribution in [2.45, 2.75) is 40.0 Å². The number of phenols is 2. The van der Waals surface area contributed by atoms with Gasteiger partial charge in [-0.3, -0.25) is 0 Å². The molecule has 1 heterocycles. The molecule has 0 aliphatic rings. The third-order valence-corrected chi connectivity index (χ3v) is 6.16. The summed E-state index contributed by atoms with van der Waals surface area (Å²) in [7, 11) is 1.90. The first-order valence-corrected chi connectivity index (χ1v) is 10.5. The molecule has 6 heteroatoms. The summed E-state index contributed by atoms with van der Waals surface area (Å²) in [6.07, 6.45) is 4.24. The molecular weight excluding hydrogens is 398 g/mol. The van der Waals surface area contributed by atoms with Crippen LogP contribution in [0.15, 0.2) is 24.8 Å². The van der Waals surface area contributed by atoms with E-state index in [4.69, 9.17) is 0 Å². The van der Waals surface area contributed by atoms with Gasteiger partial charge in [-0.2, -0.15) is 0 Å². The Morgan fingerprint density at radius 2 is 1.81 bits per heavy atom. The fourth-order valence-corrected chi connectivity index (χ4v) is 4.19. The lowest BCUT2D eigenvalue weighted by Gasteiger charge is -2.16. The minimum atomic E-state index is -0.850. The van der Waals surface area contributed by atoms with E-state index >= 15 is 0 Å². The summed E-state index contributed by atoms with van der Waals surface area (Å²) in [5.41, 5.74) is 3.48. The minimum Gasteiger partial charge on any atom is -0.504 e. The monoisotopic (exact) mass is 428 g/mol. The Bertz CT molecular complexity index is 1110. The van der Waals surface area contributed by atoms with Crippen LogP contribution >= 0.6 is 0 Å². The van der Waals surface area contributed by atoms with Gasteiger partial charge in [-0.05, 0) is 93.9 Å². The first-order valence-electron chi connectivity index (χ1n) is 10.5. The van der Waals surface area contributed by atoms with Gasteiger partial charge in [0.25, 0.3) is 0 Å². The zero-order valence-corrected chi connectivity index (χ0v) is 18.5. The summed E-state index contributed by atoms with van der Waals surface area (Å²) in [5, 5.41) is 24.6. The molecule has 31 heavy (non-hydrogen) atoms. The van der Waals surface area contributed by atoms with Gasteiger partial charge in [0.05, 0.1) is 11.2 Å². The van der Waals surface area contributed by atoms with E-state index in [2.05, 4.69) is 16.9 Å². The largest absolute Gasteiger partial charge is 0.504 e. The van der Waals surface area contributed by atoms with Crippen molar-refractivity contribution < 1.29 is 19.0 Å². The highest BCUT2D eigenvalue weighted by atomic mass is 19.1. The molecule has 1 aromatic heterocycles. The molecule has 3 aromatic rings. The molecule has 0 fully saturated rings. The standard InChI is InChI=1S/C25H30F2N2O2/c1-6-16(9-10-28-5)7-8-17-18-11-13(2)12-19(26)22(18)29-23(17)20-14(3)15(4)21(27)25(31)24(20)30/h6,11-12,16,28-31H,1,7-10H2,2-5H3. The van der Waals surface area contributed by atoms with Gasteiger partial charge in [-0.25, -0.2) is 8.78 Å². The number of benzene rings is 2. The first-order chi connectivity index (χ1) is 14.7. The van der Waals surface area contributed by atoms with Crippen molar-refractivity contribution >= 4 is 10.9 Å². The van der Waals surface area contributed by atoms with Crippen molar-refractivity contribution in [3.63, 3.8) is 0 Å². The number of aryl methyl sites for hydroxylation is 2. The predicted octanol–water partition coefficient (Wildman–Crippen LogP) is 5.79. The molecule has 0 radical (unpaired) electrons. The Labute approximate surface area is 181 Å². The fraction of sp³-hybridized carbons (Fsp3) is 0.360. The van der Waals surface area contributed by atoms with E-state index in [0.717, 1.165) is 35.9 Å². The Hall–Kier alpha value is -2.86. The van der Waals surface area contributed by atoms with Crippen molar-refractivity contribution in [3.05, 3.63) is 58.7 Å². The summed E-state index contributed by atoms with van der Waals surface area (Å²) >= 11 is 0. The number of rotatable bonds is 8. The Kier molecular flexibility index (Phi) is 6.70.